The summed E-state index contributed by atoms with van der Waals surface area (Å²) in [6, 6.07) is 0. The van der Waals surface area contributed by atoms with Crippen molar-refractivity contribution in [3.05, 3.63) is 0 Å². The number of hydrogen-bond acceptors (Lipinski definition) is 4. The molecule has 0 amide bonds. The maximum atomic E-state index is 12.0. The lowest BCUT2D eigenvalue weighted by Crippen LogP contribution is -2.34. The van der Waals surface area contributed by atoms with Crippen molar-refractivity contribution in [1.82, 2.24) is 0 Å². The lowest BCUT2D eigenvalue weighted by atomic mass is 9.65. The third-order valence-corrected chi connectivity index (χ3v) is 7.84. The second-order valence-corrected chi connectivity index (χ2v) is 9.42. The van der Waals surface area contributed by atoms with Gasteiger partial charge in [0.05, 0.1) is 26.1 Å². The van der Waals surface area contributed by atoms with Gasteiger partial charge in [-0.05, 0) is 74.0 Å². The van der Waals surface area contributed by atoms with Gasteiger partial charge < -0.3 is 9.47 Å². The van der Waals surface area contributed by atoms with Crippen molar-refractivity contribution in [1.29, 1.82) is 0 Å². The van der Waals surface area contributed by atoms with E-state index < -0.39 is 0 Å². The Hall–Kier alpha value is -1.06. The Balaban J connectivity index is 1.09. The van der Waals surface area contributed by atoms with E-state index in [-0.39, 0.29) is 24.8 Å². The molecule has 4 heteroatoms. The van der Waals surface area contributed by atoms with Gasteiger partial charge >= 0.3 is 11.9 Å². The van der Waals surface area contributed by atoms with Crippen molar-refractivity contribution < 1.29 is 19.1 Å². The van der Waals surface area contributed by atoms with Gasteiger partial charge in [-0.25, -0.2) is 0 Å². The van der Waals surface area contributed by atoms with Crippen molar-refractivity contribution in [2.24, 2.45) is 35.5 Å². The Morgan fingerprint density at radius 2 is 1.00 bits per heavy atom. The zero-order valence-electron chi connectivity index (χ0n) is 16.0. The molecule has 6 fully saturated rings. The summed E-state index contributed by atoms with van der Waals surface area (Å²) in [4.78, 5) is 24.0. The fourth-order valence-corrected chi connectivity index (χ4v) is 6.19. The number of hydrogen-bond donors (Lipinski definition) is 0. The van der Waals surface area contributed by atoms with Crippen molar-refractivity contribution in [2.45, 2.75) is 77.0 Å². The molecular weight excluding hydrogens is 328 g/mol. The number of carbonyl (C=O) groups excluding carboxylic acids is 2. The van der Waals surface area contributed by atoms with Gasteiger partial charge in [0.2, 0.25) is 0 Å². The van der Waals surface area contributed by atoms with Crippen LogP contribution in [0.2, 0.25) is 0 Å². The van der Waals surface area contributed by atoms with Crippen LogP contribution >= 0.6 is 0 Å². The van der Waals surface area contributed by atoms with Gasteiger partial charge in [-0.3, -0.25) is 9.59 Å². The summed E-state index contributed by atoms with van der Waals surface area (Å²) in [5, 5.41) is 0. The molecular formula is C22H34O4. The lowest BCUT2D eigenvalue weighted by Gasteiger charge is -2.42. The second kappa shape index (κ2) is 8.31. The van der Waals surface area contributed by atoms with Crippen LogP contribution < -0.4 is 0 Å². The van der Waals surface area contributed by atoms with Crippen LogP contribution in [0.15, 0.2) is 0 Å². The minimum atomic E-state index is -0.236. The van der Waals surface area contributed by atoms with Crippen LogP contribution in [0.1, 0.15) is 77.0 Å². The summed E-state index contributed by atoms with van der Waals surface area (Å²) in [5.74, 6) is 3.86. The van der Waals surface area contributed by atoms with Gasteiger partial charge in [0.1, 0.15) is 0 Å². The summed E-state index contributed by atoms with van der Waals surface area (Å²) in [7, 11) is 0. The monoisotopic (exact) mass is 362 g/mol. The maximum Gasteiger partial charge on any atom is 0.306 e. The van der Waals surface area contributed by atoms with E-state index >= 15 is 0 Å². The summed E-state index contributed by atoms with van der Waals surface area (Å²) in [6.45, 7) is 1.11. The van der Waals surface area contributed by atoms with Gasteiger partial charge in [0.15, 0.2) is 0 Å². The molecule has 2 unspecified atom stereocenters. The topological polar surface area (TPSA) is 52.6 Å². The minimum Gasteiger partial charge on any atom is -0.465 e. The largest absolute Gasteiger partial charge is 0.465 e. The van der Waals surface area contributed by atoms with E-state index in [1.165, 1.54) is 64.2 Å². The molecule has 0 N–H and O–H groups in total. The molecule has 6 saturated carbocycles. The molecule has 6 rings (SSSR count). The zero-order chi connectivity index (χ0) is 17.9. The SMILES string of the molecule is O=C(CCC(=O)OCC1CC2CCC1CC2)OCC1CC2CCC1CC2. The fourth-order valence-electron chi connectivity index (χ4n) is 6.19. The molecule has 6 aliphatic rings. The minimum absolute atomic E-state index is 0.163. The molecule has 146 valence electrons. The Morgan fingerprint density at radius 1 is 0.615 bits per heavy atom. The summed E-state index contributed by atoms with van der Waals surface area (Å²) >= 11 is 0. The quantitative estimate of drug-likeness (QED) is 0.626. The summed E-state index contributed by atoms with van der Waals surface area (Å²) in [5.41, 5.74) is 0. The molecule has 2 atom stereocenters. The highest BCUT2D eigenvalue weighted by atomic mass is 16.5. The normalized spacial score (nSPS) is 38.2. The van der Waals surface area contributed by atoms with Crippen LogP contribution in [-0.4, -0.2) is 25.2 Å². The molecule has 0 aliphatic heterocycles. The predicted octanol–water partition coefficient (Wildman–Crippen LogP) is 4.51. The number of carbonyl (C=O) groups is 2. The number of rotatable bonds is 7. The molecule has 4 nitrogen and oxygen atoms in total. The third-order valence-electron chi connectivity index (χ3n) is 7.84. The highest BCUT2D eigenvalue weighted by Gasteiger charge is 2.37. The number of fused-ring (bicyclic) bond motifs is 6. The highest BCUT2D eigenvalue weighted by Crippen LogP contribution is 2.45. The Labute approximate surface area is 157 Å². The Morgan fingerprint density at radius 3 is 1.31 bits per heavy atom. The van der Waals surface area contributed by atoms with E-state index in [4.69, 9.17) is 9.47 Å². The van der Waals surface area contributed by atoms with Crippen molar-refractivity contribution in [2.75, 3.05) is 13.2 Å². The lowest BCUT2D eigenvalue weighted by molar-refractivity contribution is -0.153. The van der Waals surface area contributed by atoms with E-state index in [1.54, 1.807) is 0 Å². The van der Waals surface area contributed by atoms with Crippen molar-refractivity contribution in [3.63, 3.8) is 0 Å². The van der Waals surface area contributed by atoms with Crippen LogP contribution in [0.3, 0.4) is 0 Å². The molecule has 0 spiro atoms. The maximum absolute atomic E-state index is 12.0. The molecule has 0 aromatic rings. The van der Waals surface area contributed by atoms with E-state index in [0.717, 1.165) is 23.7 Å². The number of esters is 2. The van der Waals surface area contributed by atoms with Gasteiger partial charge in [-0.1, -0.05) is 25.7 Å². The second-order valence-electron chi connectivity index (χ2n) is 9.42. The first-order chi connectivity index (χ1) is 12.7. The Bertz CT molecular complexity index is 454. The van der Waals surface area contributed by atoms with Gasteiger partial charge in [0, 0.05) is 0 Å². The average Bonchev–Trinajstić information content (AvgIpc) is 2.71. The molecule has 0 aromatic heterocycles. The molecule has 6 aliphatic carbocycles. The highest BCUT2D eigenvalue weighted by molar-refractivity contribution is 5.77. The smallest absolute Gasteiger partial charge is 0.306 e. The van der Waals surface area contributed by atoms with E-state index in [0.29, 0.717) is 25.0 Å². The van der Waals surface area contributed by atoms with Crippen LogP contribution in [0.5, 0.6) is 0 Å². The van der Waals surface area contributed by atoms with E-state index in [9.17, 15) is 9.59 Å². The van der Waals surface area contributed by atoms with Gasteiger partial charge in [-0.2, -0.15) is 0 Å². The first kappa shape index (κ1) is 18.3. The first-order valence-electron chi connectivity index (χ1n) is 11.0. The molecule has 0 heterocycles. The first-order valence-corrected chi connectivity index (χ1v) is 11.0. The van der Waals surface area contributed by atoms with Gasteiger partial charge in [-0.15, -0.1) is 0 Å². The molecule has 0 saturated heterocycles. The number of ether oxygens (including phenoxy) is 2. The fraction of sp³-hybridized carbons (Fsp3) is 0.909. The van der Waals surface area contributed by atoms with Crippen LogP contribution in [0.25, 0.3) is 0 Å². The molecule has 0 aromatic carbocycles. The molecule has 26 heavy (non-hydrogen) atoms. The van der Waals surface area contributed by atoms with Crippen LogP contribution in [-0.2, 0) is 19.1 Å². The standard InChI is InChI=1S/C22H34O4/c23-21(25-13-19-11-15-1-5-17(19)6-2-15)9-10-22(24)26-14-20-12-16-3-7-18(20)8-4-16/h15-20H,1-14H2. The van der Waals surface area contributed by atoms with Gasteiger partial charge in [0.25, 0.3) is 0 Å². The van der Waals surface area contributed by atoms with E-state index in [2.05, 4.69) is 0 Å². The van der Waals surface area contributed by atoms with E-state index in [1.807, 2.05) is 0 Å². The molecule has 4 bridgehead atoms. The third kappa shape index (κ3) is 4.43. The molecule has 0 radical (unpaired) electrons. The summed E-state index contributed by atoms with van der Waals surface area (Å²) < 4.78 is 10.9. The van der Waals surface area contributed by atoms with Crippen LogP contribution in [0.4, 0.5) is 0 Å². The zero-order valence-corrected chi connectivity index (χ0v) is 16.0. The Kier molecular flexibility index (Phi) is 5.85. The average molecular weight is 363 g/mol. The van der Waals surface area contributed by atoms with Crippen LogP contribution in [0, 0.1) is 35.5 Å². The summed E-state index contributed by atoms with van der Waals surface area (Å²) in [6.07, 6.45) is 13.5. The van der Waals surface area contributed by atoms with Crippen molar-refractivity contribution >= 4 is 11.9 Å². The predicted molar refractivity (Wildman–Crippen MR) is 98.3 cm³/mol. The van der Waals surface area contributed by atoms with Crippen molar-refractivity contribution in [3.8, 4) is 0 Å².